The number of hydrogen-bond donors (Lipinski definition) is 2. The van der Waals surface area contributed by atoms with Gasteiger partial charge in [0, 0.05) is 4.47 Å². The minimum Gasteiger partial charge on any atom is -0.507 e. The second-order valence-electron chi connectivity index (χ2n) is 3.43. The Balaban J connectivity index is 2.54. The first kappa shape index (κ1) is 13.9. The van der Waals surface area contributed by atoms with Gasteiger partial charge in [-0.15, -0.1) is 0 Å². The van der Waals surface area contributed by atoms with E-state index >= 15 is 0 Å². The van der Waals surface area contributed by atoms with Crippen molar-refractivity contribution < 1.29 is 9.90 Å². The van der Waals surface area contributed by atoms with Gasteiger partial charge in [0.05, 0.1) is 15.1 Å². The Kier molecular flexibility index (Phi) is 4.06. The van der Waals surface area contributed by atoms with E-state index in [0.717, 1.165) is 0 Å². The van der Waals surface area contributed by atoms with Crippen molar-refractivity contribution >= 4 is 60.8 Å². The fraction of sp³-hybridized carbons (Fsp3) is 0. The number of ketones is 1. The number of aromatic nitrogens is 1. The molecular formula is C11H5Br2Cl2NO2. The number of carbonyl (C=O) groups excluding carboxylic acids is 1. The lowest BCUT2D eigenvalue weighted by molar-refractivity contribution is 0.103. The second-order valence-corrected chi connectivity index (χ2v) is 5.90. The van der Waals surface area contributed by atoms with Crippen LogP contribution in [-0.4, -0.2) is 15.9 Å². The Morgan fingerprint density at radius 1 is 1.28 bits per heavy atom. The number of carbonyl (C=O) groups is 1. The first-order valence-electron chi connectivity index (χ1n) is 4.67. The first-order chi connectivity index (χ1) is 8.41. The quantitative estimate of drug-likeness (QED) is 0.696. The molecule has 2 aromatic rings. The van der Waals surface area contributed by atoms with Gasteiger partial charge in [0.25, 0.3) is 0 Å². The van der Waals surface area contributed by atoms with Crippen molar-refractivity contribution in [2.45, 2.75) is 0 Å². The summed E-state index contributed by atoms with van der Waals surface area (Å²) in [5.74, 6) is -0.522. The van der Waals surface area contributed by atoms with Crippen molar-refractivity contribution in [3.8, 4) is 5.75 Å². The lowest BCUT2D eigenvalue weighted by Crippen LogP contribution is -2.03. The smallest absolute Gasteiger partial charge is 0.214 e. The molecule has 1 aromatic carbocycles. The van der Waals surface area contributed by atoms with Crippen LogP contribution in [0.4, 0.5) is 0 Å². The van der Waals surface area contributed by atoms with Gasteiger partial charge in [-0.05, 0) is 34.1 Å². The second kappa shape index (κ2) is 5.25. The zero-order valence-electron chi connectivity index (χ0n) is 8.60. The van der Waals surface area contributed by atoms with Gasteiger partial charge in [-0.2, -0.15) is 0 Å². The minimum atomic E-state index is -0.408. The highest BCUT2D eigenvalue weighted by molar-refractivity contribution is 9.10. The van der Waals surface area contributed by atoms with Gasteiger partial charge in [0.15, 0.2) is 0 Å². The van der Waals surface area contributed by atoms with E-state index in [1.807, 2.05) is 0 Å². The average Bonchev–Trinajstić information content (AvgIpc) is 2.59. The maximum atomic E-state index is 12.2. The molecule has 0 amide bonds. The Labute approximate surface area is 129 Å². The van der Waals surface area contributed by atoms with E-state index in [1.165, 1.54) is 12.1 Å². The van der Waals surface area contributed by atoms with Gasteiger partial charge in [0.1, 0.15) is 16.6 Å². The van der Waals surface area contributed by atoms with E-state index in [1.54, 1.807) is 6.07 Å². The highest BCUT2D eigenvalue weighted by Crippen LogP contribution is 2.35. The predicted octanol–water partition coefficient (Wildman–Crippen LogP) is 4.78. The molecule has 0 spiro atoms. The summed E-state index contributed by atoms with van der Waals surface area (Å²) >= 11 is 18.1. The Bertz CT molecular complexity index is 640. The number of phenolic OH excluding ortho intramolecular Hbond substituents is 1. The van der Waals surface area contributed by atoms with E-state index < -0.39 is 5.78 Å². The number of hydrogen-bond acceptors (Lipinski definition) is 2. The van der Waals surface area contributed by atoms with Crippen molar-refractivity contribution in [1.29, 1.82) is 0 Å². The van der Waals surface area contributed by atoms with Crippen molar-refractivity contribution in [1.82, 2.24) is 4.98 Å². The number of H-pyrrole nitrogens is 1. The fourth-order valence-electron chi connectivity index (χ4n) is 1.41. The molecule has 0 saturated carbocycles. The normalized spacial score (nSPS) is 10.7. The third-order valence-electron chi connectivity index (χ3n) is 2.27. The fourth-order valence-corrected chi connectivity index (χ4v) is 2.69. The van der Waals surface area contributed by atoms with Crippen LogP contribution in [0.2, 0.25) is 10.2 Å². The van der Waals surface area contributed by atoms with Crippen LogP contribution in [0.3, 0.4) is 0 Å². The summed E-state index contributed by atoms with van der Waals surface area (Å²) in [5, 5.41) is 10.1. The molecule has 0 unspecified atom stereocenters. The molecule has 0 aliphatic rings. The van der Waals surface area contributed by atoms with Crippen molar-refractivity contribution in [2.24, 2.45) is 0 Å². The number of aromatic hydroxyl groups is 1. The third kappa shape index (κ3) is 2.45. The van der Waals surface area contributed by atoms with Crippen LogP contribution in [-0.2, 0) is 0 Å². The molecule has 94 valence electrons. The average molecular weight is 414 g/mol. The van der Waals surface area contributed by atoms with Gasteiger partial charge in [0.2, 0.25) is 5.78 Å². The molecule has 3 nitrogen and oxygen atoms in total. The maximum Gasteiger partial charge on any atom is 0.214 e. The lowest BCUT2D eigenvalue weighted by Gasteiger charge is -2.03. The van der Waals surface area contributed by atoms with Crippen LogP contribution in [0.1, 0.15) is 16.1 Å². The molecule has 18 heavy (non-hydrogen) atoms. The molecule has 2 N–H and O–H groups in total. The van der Waals surface area contributed by atoms with Gasteiger partial charge in [-0.3, -0.25) is 4.79 Å². The molecule has 0 fully saturated rings. The van der Waals surface area contributed by atoms with Crippen molar-refractivity contribution in [3.63, 3.8) is 0 Å². The molecule has 1 aromatic heterocycles. The summed E-state index contributed by atoms with van der Waals surface area (Å²) in [6.07, 6.45) is 0. The number of halogens is 4. The number of rotatable bonds is 2. The molecule has 0 saturated heterocycles. The van der Waals surface area contributed by atoms with Gasteiger partial charge < -0.3 is 10.1 Å². The SMILES string of the molecule is O=C(c1cc(Br)ccc1O)c1[nH]c(Cl)c(Cl)c1Br. The lowest BCUT2D eigenvalue weighted by atomic mass is 10.1. The minimum absolute atomic E-state index is 0.114. The number of aromatic amines is 1. The van der Waals surface area contributed by atoms with Gasteiger partial charge in [-0.1, -0.05) is 39.1 Å². The summed E-state index contributed by atoms with van der Waals surface area (Å²) in [6, 6.07) is 4.58. The van der Waals surface area contributed by atoms with Gasteiger partial charge in [-0.25, -0.2) is 0 Å². The maximum absolute atomic E-state index is 12.2. The highest BCUT2D eigenvalue weighted by atomic mass is 79.9. The molecule has 2 rings (SSSR count). The number of benzene rings is 1. The van der Waals surface area contributed by atoms with Crippen LogP contribution in [0.25, 0.3) is 0 Å². The van der Waals surface area contributed by atoms with Crippen LogP contribution in [0.5, 0.6) is 5.75 Å². The zero-order valence-corrected chi connectivity index (χ0v) is 13.3. The molecule has 1 heterocycles. The molecule has 0 radical (unpaired) electrons. The van der Waals surface area contributed by atoms with Crippen LogP contribution >= 0.6 is 55.1 Å². The third-order valence-corrected chi connectivity index (χ3v) is 4.54. The Morgan fingerprint density at radius 2 is 1.94 bits per heavy atom. The predicted molar refractivity (Wildman–Crippen MR) is 77.8 cm³/mol. The van der Waals surface area contributed by atoms with E-state index in [9.17, 15) is 9.90 Å². The summed E-state index contributed by atoms with van der Waals surface area (Å²) in [7, 11) is 0. The van der Waals surface area contributed by atoms with E-state index in [-0.39, 0.29) is 27.2 Å². The standard InChI is InChI=1S/C11H5Br2Cl2NO2/c12-4-1-2-6(17)5(3-4)10(18)9-7(13)8(14)11(15)16-9/h1-3,16-17H. The molecule has 0 aliphatic carbocycles. The van der Waals surface area contributed by atoms with E-state index in [0.29, 0.717) is 8.95 Å². The monoisotopic (exact) mass is 411 g/mol. The van der Waals surface area contributed by atoms with Crippen molar-refractivity contribution in [3.05, 3.63) is 48.6 Å². The molecule has 0 atom stereocenters. The molecule has 7 heteroatoms. The molecule has 0 aliphatic heterocycles. The summed E-state index contributed by atoms with van der Waals surface area (Å²) in [6.45, 7) is 0. The van der Waals surface area contributed by atoms with Crippen LogP contribution < -0.4 is 0 Å². The topological polar surface area (TPSA) is 53.1 Å². The Hall–Kier alpha value is -0.490. The van der Waals surface area contributed by atoms with Gasteiger partial charge >= 0.3 is 0 Å². The first-order valence-corrected chi connectivity index (χ1v) is 7.01. The summed E-state index contributed by atoms with van der Waals surface area (Å²) < 4.78 is 1.06. The van der Waals surface area contributed by atoms with Crippen LogP contribution in [0.15, 0.2) is 27.1 Å². The number of nitrogens with one attached hydrogen (secondary N) is 1. The van der Waals surface area contributed by atoms with E-state index in [4.69, 9.17) is 23.2 Å². The summed E-state index contributed by atoms with van der Waals surface area (Å²) in [5.41, 5.74) is 0.345. The Morgan fingerprint density at radius 3 is 2.50 bits per heavy atom. The largest absolute Gasteiger partial charge is 0.507 e. The van der Waals surface area contributed by atoms with Crippen molar-refractivity contribution in [2.75, 3.05) is 0 Å². The zero-order chi connectivity index (χ0) is 13.4. The molecule has 0 bridgehead atoms. The van der Waals surface area contributed by atoms with Crippen LogP contribution in [0, 0.1) is 0 Å². The van der Waals surface area contributed by atoms with E-state index in [2.05, 4.69) is 36.8 Å². The highest BCUT2D eigenvalue weighted by Gasteiger charge is 2.22. The summed E-state index contributed by atoms with van der Waals surface area (Å²) in [4.78, 5) is 14.9. The molecular weight excluding hydrogens is 409 g/mol. The number of phenols is 1.